The van der Waals surface area contributed by atoms with Gasteiger partial charge in [-0.1, -0.05) is 62.1 Å². The van der Waals surface area contributed by atoms with Gasteiger partial charge in [0, 0.05) is 0 Å². The second kappa shape index (κ2) is 7.14. The average Bonchev–Trinajstić information content (AvgIpc) is 2.75. The van der Waals surface area contributed by atoms with Crippen LogP contribution in [0.4, 0.5) is 0 Å². The fraction of sp³-hybridized carbons (Fsp3) is 0.250. The second-order valence-corrected chi connectivity index (χ2v) is 7.14. The zero-order valence-corrected chi connectivity index (χ0v) is 14.5. The number of benzene rings is 1. The summed E-state index contributed by atoms with van der Waals surface area (Å²) >= 11 is 6.13. The van der Waals surface area contributed by atoms with Crippen LogP contribution < -0.4 is 10.2 Å². The van der Waals surface area contributed by atoms with Gasteiger partial charge in [0.1, 0.15) is 4.32 Å². The summed E-state index contributed by atoms with van der Waals surface area (Å²) < 4.78 is 0.153. The fourth-order valence-electron chi connectivity index (χ4n) is 2.26. The Kier molecular flexibility index (Phi) is 5.40. The summed E-state index contributed by atoms with van der Waals surface area (Å²) in [6, 6.07) is 4.64. The minimum absolute atomic E-state index is 0.0246. The molecule has 0 aliphatic carbocycles. The Labute approximate surface area is 148 Å². The highest BCUT2D eigenvalue weighted by Gasteiger charge is 2.38. The number of aliphatic carboxylic acids is 1. The van der Waals surface area contributed by atoms with E-state index in [1.54, 1.807) is 13.8 Å². The molecule has 1 saturated heterocycles. The molecule has 1 aromatic rings. The Morgan fingerprint density at radius 3 is 2.25 bits per heavy atom. The predicted octanol–water partition coefficient (Wildman–Crippen LogP) is 0.0258. The summed E-state index contributed by atoms with van der Waals surface area (Å²) in [4.78, 5) is 35.9. The molecule has 0 aromatic heterocycles. The molecule has 8 heteroatoms. The normalized spacial score (nSPS) is 17.6. The molecule has 0 radical (unpaired) electrons. The first-order chi connectivity index (χ1) is 11.2. The number of carboxylic acids is 2. The summed E-state index contributed by atoms with van der Waals surface area (Å²) in [6.07, 6.45) is 1.53. The lowest BCUT2D eigenvalue weighted by atomic mass is 10.0. The van der Waals surface area contributed by atoms with E-state index in [9.17, 15) is 24.6 Å². The Bertz CT molecular complexity index is 739. The maximum Gasteiger partial charge on any atom is 0.266 e. The van der Waals surface area contributed by atoms with E-state index in [0.717, 1.165) is 16.7 Å². The van der Waals surface area contributed by atoms with Crippen molar-refractivity contribution >= 4 is 52.2 Å². The van der Waals surface area contributed by atoms with Gasteiger partial charge in [0.2, 0.25) is 0 Å². The summed E-state index contributed by atoms with van der Waals surface area (Å²) in [7, 11) is 0. The van der Waals surface area contributed by atoms with Gasteiger partial charge < -0.3 is 19.8 Å². The molecule has 0 spiro atoms. The minimum atomic E-state index is -1.36. The van der Waals surface area contributed by atoms with Crippen molar-refractivity contribution in [2.45, 2.75) is 19.9 Å². The summed E-state index contributed by atoms with van der Waals surface area (Å²) in [6.45, 7) is 3.34. The van der Waals surface area contributed by atoms with Gasteiger partial charge in [-0.3, -0.25) is 9.69 Å². The number of amides is 1. The predicted molar refractivity (Wildman–Crippen MR) is 89.4 cm³/mol. The van der Waals surface area contributed by atoms with Crippen molar-refractivity contribution in [3.8, 4) is 0 Å². The number of carbonyl (C=O) groups excluding carboxylic acids is 3. The van der Waals surface area contributed by atoms with Crippen LogP contribution >= 0.6 is 24.0 Å². The molecule has 6 nitrogen and oxygen atoms in total. The van der Waals surface area contributed by atoms with Gasteiger partial charge >= 0.3 is 0 Å². The molecule has 1 aliphatic rings. The third-order valence-electron chi connectivity index (χ3n) is 3.42. The van der Waals surface area contributed by atoms with Gasteiger partial charge in [0.15, 0.2) is 0 Å². The Morgan fingerprint density at radius 1 is 1.21 bits per heavy atom. The fourth-order valence-corrected chi connectivity index (χ4v) is 3.59. The van der Waals surface area contributed by atoms with Crippen molar-refractivity contribution in [2.24, 2.45) is 5.92 Å². The van der Waals surface area contributed by atoms with Crippen molar-refractivity contribution in [1.29, 1.82) is 0 Å². The summed E-state index contributed by atoms with van der Waals surface area (Å²) in [5.41, 5.74) is 0.617. The molecule has 1 atom stereocenters. The van der Waals surface area contributed by atoms with E-state index in [1.807, 2.05) is 0 Å². The van der Waals surface area contributed by atoms with Gasteiger partial charge in [-0.25, -0.2) is 0 Å². The average molecular weight is 363 g/mol. The maximum atomic E-state index is 12.5. The quantitative estimate of drug-likeness (QED) is 0.537. The lowest BCUT2D eigenvalue weighted by Crippen LogP contribution is -2.52. The van der Waals surface area contributed by atoms with Crippen molar-refractivity contribution in [2.75, 3.05) is 0 Å². The number of hydrogen-bond donors (Lipinski definition) is 0. The maximum absolute atomic E-state index is 12.5. The van der Waals surface area contributed by atoms with Gasteiger partial charge in [0.25, 0.3) is 5.91 Å². The molecule has 1 aliphatic heterocycles. The molecule has 1 aromatic carbocycles. The number of carbonyl (C=O) groups is 3. The topological polar surface area (TPSA) is 101 Å². The number of thioether (sulfide) groups is 1. The highest BCUT2D eigenvalue weighted by atomic mass is 32.2. The first kappa shape index (κ1) is 18.2. The van der Waals surface area contributed by atoms with E-state index in [0.29, 0.717) is 5.56 Å². The Balaban J connectivity index is 2.30. The van der Waals surface area contributed by atoms with Crippen molar-refractivity contribution in [3.63, 3.8) is 0 Å². The van der Waals surface area contributed by atoms with E-state index in [2.05, 4.69) is 0 Å². The largest absolute Gasteiger partial charge is 0.548 e. The molecule has 2 rings (SSSR count). The third-order valence-corrected chi connectivity index (χ3v) is 4.75. The van der Waals surface area contributed by atoms with Crippen LogP contribution in [0.3, 0.4) is 0 Å². The highest BCUT2D eigenvalue weighted by molar-refractivity contribution is 8.26. The molecule has 24 heavy (non-hydrogen) atoms. The van der Waals surface area contributed by atoms with Crippen LogP contribution in [0, 0.1) is 5.92 Å². The summed E-state index contributed by atoms with van der Waals surface area (Å²) in [5, 5.41) is 22.1. The SMILES string of the molecule is CC(C)[C@H](C(=O)[O-])N1C(=O)/C(=C/c2ccc(C(=O)[O-])cc2)SC1=S. The van der Waals surface area contributed by atoms with Crippen molar-refractivity contribution in [1.82, 2.24) is 4.90 Å². The smallest absolute Gasteiger partial charge is 0.266 e. The third kappa shape index (κ3) is 3.65. The number of rotatable bonds is 5. The Hall–Kier alpha value is -2.19. The molecule has 0 unspecified atom stereocenters. The number of carboxylic acid groups (broad SMARTS) is 2. The lowest BCUT2D eigenvalue weighted by molar-refractivity contribution is -0.311. The van der Waals surface area contributed by atoms with E-state index in [1.165, 1.54) is 30.3 Å². The van der Waals surface area contributed by atoms with Crippen LogP contribution in [0.1, 0.15) is 29.8 Å². The Morgan fingerprint density at radius 2 is 1.79 bits per heavy atom. The highest BCUT2D eigenvalue weighted by Crippen LogP contribution is 2.35. The monoisotopic (exact) mass is 363 g/mol. The van der Waals surface area contributed by atoms with Crippen LogP contribution in [-0.2, 0) is 9.59 Å². The zero-order valence-electron chi connectivity index (χ0n) is 12.8. The molecular weight excluding hydrogens is 350 g/mol. The lowest BCUT2D eigenvalue weighted by Gasteiger charge is -2.30. The van der Waals surface area contributed by atoms with Gasteiger partial charge in [-0.05, 0) is 23.1 Å². The number of aromatic carboxylic acids is 1. The molecule has 1 amide bonds. The molecule has 0 saturated carbocycles. The standard InChI is InChI=1S/C16H15NO5S2/c1-8(2)12(15(21)22)17-13(18)11(24-16(17)23)7-9-3-5-10(6-4-9)14(19)20/h3-8,12H,1-2H3,(H,19,20)(H,21,22)/p-2/b11-7-/t12-/m1/s1. The van der Waals surface area contributed by atoms with E-state index < -0.39 is 23.9 Å². The molecule has 1 heterocycles. The molecule has 126 valence electrons. The van der Waals surface area contributed by atoms with E-state index >= 15 is 0 Å². The van der Waals surface area contributed by atoms with Crippen LogP contribution in [0.5, 0.6) is 0 Å². The molecule has 0 N–H and O–H groups in total. The van der Waals surface area contributed by atoms with Crippen LogP contribution in [0.25, 0.3) is 6.08 Å². The summed E-state index contributed by atoms with van der Waals surface area (Å²) in [5.74, 6) is -3.52. The number of nitrogens with zero attached hydrogens (tertiary/aromatic N) is 1. The van der Waals surface area contributed by atoms with Gasteiger partial charge in [0.05, 0.1) is 22.9 Å². The van der Waals surface area contributed by atoms with Crippen LogP contribution in [-0.4, -0.2) is 33.1 Å². The first-order valence-corrected chi connectivity index (χ1v) is 8.24. The van der Waals surface area contributed by atoms with Gasteiger partial charge in [-0.15, -0.1) is 0 Å². The number of thiocarbonyl (C=S) groups is 1. The van der Waals surface area contributed by atoms with Crippen LogP contribution in [0.15, 0.2) is 29.2 Å². The molecule has 0 bridgehead atoms. The zero-order chi connectivity index (χ0) is 18.0. The molecular formula is C16H13NO5S2-2. The van der Waals surface area contributed by atoms with Crippen molar-refractivity contribution in [3.05, 3.63) is 40.3 Å². The number of hydrogen-bond acceptors (Lipinski definition) is 7. The van der Waals surface area contributed by atoms with E-state index in [-0.39, 0.29) is 20.7 Å². The minimum Gasteiger partial charge on any atom is -0.548 e. The first-order valence-electron chi connectivity index (χ1n) is 7.01. The molecule has 1 fully saturated rings. The van der Waals surface area contributed by atoms with Crippen molar-refractivity contribution < 1.29 is 24.6 Å². The van der Waals surface area contributed by atoms with Gasteiger partial charge in [-0.2, -0.15) is 0 Å². The van der Waals surface area contributed by atoms with Crippen LogP contribution in [0.2, 0.25) is 0 Å². The second-order valence-electron chi connectivity index (χ2n) is 5.47. The van der Waals surface area contributed by atoms with E-state index in [4.69, 9.17) is 12.2 Å².